The van der Waals surface area contributed by atoms with Gasteiger partial charge in [0.1, 0.15) is 5.82 Å². The van der Waals surface area contributed by atoms with Gasteiger partial charge in [-0.1, -0.05) is 32.4 Å². The number of hydrogen-bond donors (Lipinski definition) is 2. The SMILES string of the molecule is CCC(O)(CC)CNC(=O)C1(c2cccc(F)c2)CCC1. The zero-order chi connectivity index (χ0) is 15.5. The van der Waals surface area contributed by atoms with Crippen molar-refractivity contribution < 1.29 is 14.3 Å². The molecule has 1 saturated carbocycles. The van der Waals surface area contributed by atoms with Crippen molar-refractivity contribution in [3.05, 3.63) is 35.6 Å². The Labute approximate surface area is 125 Å². The molecular weight excluding hydrogens is 269 g/mol. The molecule has 1 aliphatic rings. The molecule has 1 fully saturated rings. The Morgan fingerprint density at radius 3 is 2.52 bits per heavy atom. The van der Waals surface area contributed by atoms with E-state index in [1.807, 2.05) is 19.9 Å². The molecule has 0 saturated heterocycles. The monoisotopic (exact) mass is 293 g/mol. The van der Waals surface area contributed by atoms with Crippen molar-refractivity contribution >= 4 is 5.91 Å². The van der Waals surface area contributed by atoms with Crippen LogP contribution in [0.4, 0.5) is 4.39 Å². The number of halogens is 1. The molecule has 0 bridgehead atoms. The van der Waals surface area contributed by atoms with E-state index in [0.717, 1.165) is 24.8 Å². The number of benzene rings is 1. The van der Waals surface area contributed by atoms with Crippen molar-refractivity contribution in [3.63, 3.8) is 0 Å². The summed E-state index contributed by atoms with van der Waals surface area (Å²) in [6.07, 6.45) is 3.63. The van der Waals surface area contributed by atoms with E-state index in [-0.39, 0.29) is 18.3 Å². The van der Waals surface area contributed by atoms with Crippen molar-refractivity contribution in [2.45, 2.75) is 57.0 Å². The first-order chi connectivity index (χ1) is 9.96. The van der Waals surface area contributed by atoms with E-state index in [1.54, 1.807) is 6.07 Å². The average molecular weight is 293 g/mol. The first-order valence-electron chi connectivity index (χ1n) is 7.72. The molecule has 116 valence electrons. The van der Waals surface area contributed by atoms with Crippen LogP contribution in [0.3, 0.4) is 0 Å². The second kappa shape index (κ2) is 6.14. The molecule has 2 rings (SSSR count). The molecule has 3 nitrogen and oxygen atoms in total. The van der Waals surface area contributed by atoms with Crippen molar-refractivity contribution in [1.82, 2.24) is 5.32 Å². The number of nitrogens with one attached hydrogen (secondary N) is 1. The van der Waals surface area contributed by atoms with E-state index in [4.69, 9.17) is 0 Å². The molecule has 1 aliphatic carbocycles. The molecule has 0 spiro atoms. The van der Waals surface area contributed by atoms with Crippen molar-refractivity contribution in [3.8, 4) is 0 Å². The molecule has 0 unspecified atom stereocenters. The highest BCUT2D eigenvalue weighted by Gasteiger charge is 2.46. The van der Waals surface area contributed by atoms with Gasteiger partial charge in [-0.05, 0) is 43.4 Å². The summed E-state index contributed by atoms with van der Waals surface area (Å²) < 4.78 is 13.4. The lowest BCUT2D eigenvalue weighted by atomic mass is 9.63. The van der Waals surface area contributed by atoms with Crippen molar-refractivity contribution in [1.29, 1.82) is 0 Å². The molecule has 1 amide bonds. The van der Waals surface area contributed by atoms with Crippen LogP contribution in [0.2, 0.25) is 0 Å². The van der Waals surface area contributed by atoms with Gasteiger partial charge in [0.15, 0.2) is 0 Å². The van der Waals surface area contributed by atoms with Crippen LogP contribution in [0.15, 0.2) is 24.3 Å². The predicted molar refractivity (Wildman–Crippen MR) is 80.5 cm³/mol. The standard InChI is InChI=1S/C17H24FNO2/c1-3-16(21,4-2)12-19-15(20)17(9-6-10-17)13-7-5-8-14(18)11-13/h5,7-8,11,21H,3-4,6,9-10,12H2,1-2H3,(H,19,20). The Kier molecular flexibility index (Phi) is 4.67. The van der Waals surface area contributed by atoms with E-state index < -0.39 is 11.0 Å². The van der Waals surface area contributed by atoms with Crippen LogP contribution in [-0.2, 0) is 10.2 Å². The zero-order valence-electron chi connectivity index (χ0n) is 12.8. The fraction of sp³-hybridized carbons (Fsp3) is 0.588. The third kappa shape index (κ3) is 3.10. The second-order valence-electron chi connectivity index (χ2n) is 6.06. The summed E-state index contributed by atoms with van der Waals surface area (Å²) in [6, 6.07) is 6.30. The molecule has 1 aromatic rings. The number of hydrogen-bond acceptors (Lipinski definition) is 2. The summed E-state index contributed by atoms with van der Waals surface area (Å²) in [6.45, 7) is 4.05. The van der Waals surface area contributed by atoms with E-state index in [0.29, 0.717) is 12.8 Å². The topological polar surface area (TPSA) is 49.3 Å². The Bertz CT molecular complexity index is 507. The minimum Gasteiger partial charge on any atom is -0.388 e. The van der Waals surface area contributed by atoms with Gasteiger partial charge in [-0.2, -0.15) is 0 Å². The largest absolute Gasteiger partial charge is 0.388 e. The van der Waals surface area contributed by atoms with Gasteiger partial charge >= 0.3 is 0 Å². The molecule has 0 heterocycles. The van der Waals surface area contributed by atoms with Gasteiger partial charge in [-0.15, -0.1) is 0 Å². The Hall–Kier alpha value is -1.42. The molecule has 0 radical (unpaired) electrons. The maximum atomic E-state index is 13.4. The first kappa shape index (κ1) is 16.0. The van der Waals surface area contributed by atoms with Gasteiger partial charge in [-0.3, -0.25) is 4.79 Å². The summed E-state index contributed by atoms with van der Waals surface area (Å²) in [4.78, 5) is 12.6. The fourth-order valence-electron chi connectivity index (χ4n) is 2.88. The lowest BCUT2D eigenvalue weighted by Gasteiger charge is -2.41. The van der Waals surface area contributed by atoms with Crippen LogP contribution in [0, 0.1) is 5.82 Å². The summed E-state index contributed by atoms with van der Waals surface area (Å²) >= 11 is 0. The minimum atomic E-state index is -0.859. The smallest absolute Gasteiger partial charge is 0.230 e. The summed E-state index contributed by atoms with van der Waals surface area (Å²) in [5.41, 5.74) is -0.740. The van der Waals surface area contributed by atoms with Gasteiger partial charge in [0.2, 0.25) is 5.91 Å². The Balaban J connectivity index is 2.12. The fourth-order valence-corrected chi connectivity index (χ4v) is 2.88. The van der Waals surface area contributed by atoms with E-state index in [9.17, 15) is 14.3 Å². The van der Waals surface area contributed by atoms with Crippen molar-refractivity contribution in [2.24, 2.45) is 0 Å². The van der Waals surface area contributed by atoms with Gasteiger partial charge < -0.3 is 10.4 Å². The lowest BCUT2D eigenvalue weighted by Crippen LogP contribution is -2.53. The minimum absolute atomic E-state index is 0.0975. The Morgan fingerprint density at radius 2 is 2.05 bits per heavy atom. The molecule has 0 aromatic heterocycles. The molecular formula is C17H24FNO2. The van der Waals surface area contributed by atoms with E-state index >= 15 is 0 Å². The molecule has 4 heteroatoms. The zero-order valence-corrected chi connectivity index (χ0v) is 12.8. The van der Waals surface area contributed by atoms with E-state index in [2.05, 4.69) is 5.32 Å². The van der Waals surface area contributed by atoms with Gasteiger partial charge in [0.05, 0.1) is 11.0 Å². The third-order valence-corrected chi connectivity index (χ3v) is 4.91. The lowest BCUT2D eigenvalue weighted by molar-refractivity contribution is -0.131. The summed E-state index contributed by atoms with van der Waals surface area (Å²) in [5.74, 6) is -0.412. The summed E-state index contributed by atoms with van der Waals surface area (Å²) in [7, 11) is 0. The first-order valence-corrected chi connectivity index (χ1v) is 7.72. The van der Waals surface area contributed by atoms with Gasteiger partial charge in [0, 0.05) is 6.54 Å². The van der Waals surface area contributed by atoms with Crippen LogP contribution in [-0.4, -0.2) is 23.2 Å². The molecule has 2 N–H and O–H groups in total. The molecule has 21 heavy (non-hydrogen) atoms. The number of amides is 1. The van der Waals surface area contributed by atoms with Crippen LogP contribution >= 0.6 is 0 Å². The highest BCUT2D eigenvalue weighted by molar-refractivity contribution is 5.89. The highest BCUT2D eigenvalue weighted by atomic mass is 19.1. The predicted octanol–water partition coefficient (Wildman–Crippen LogP) is 2.91. The van der Waals surface area contributed by atoms with Crippen LogP contribution in [0.5, 0.6) is 0 Å². The quantitative estimate of drug-likeness (QED) is 0.847. The average Bonchev–Trinajstić information content (AvgIpc) is 2.44. The third-order valence-electron chi connectivity index (χ3n) is 4.91. The van der Waals surface area contributed by atoms with Gasteiger partial charge in [-0.25, -0.2) is 4.39 Å². The molecule has 0 aliphatic heterocycles. The second-order valence-corrected chi connectivity index (χ2v) is 6.06. The maximum absolute atomic E-state index is 13.4. The highest BCUT2D eigenvalue weighted by Crippen LogP contribution is 2.44. The maximum Gasteiger partial charge on any atom is 0.230 e. The van der Waals surface area contributed by atoms with Crippen LogP contribution in [0.1, 0.15) is 51.5 Å². The number of carbonyl (C=O) groups is 1. The normalized spacial score (nSPS) is 17.1. The van der Waals surface area contributed by atoms with Crippen molar-refractivity contribution in [2.75, 3.05) is 6.54 Å². The van der Waals surface area contributed by atoms with Gasteiger partial charge in [0.25, 0.3) is 0 Å². The number of aliphatic hydroxyl groups is 1. The summed E-state index contributed by atoms with van der Waals surface area (Å²) in [5, 5.41) is 13.1. The van der Waals surface area contributed by atoms with Crippen LogP contribution in [0.25, 0.3) is 0 Å². The number of rotatable bonds is 6. The van der Waals surface area contributed by atoms with E-state index in [1.165, 1.54) is 12.1 Å². The van der Waals surface area contributed by atoms with Crippen LogP contribution < -0.4 is 5.32 Å². The molecule has 1 aromatic carbocycles. The number of carbonyl (C=O) groups excluding carboxylic acids is 1. The molecule has 0 atom stereocenters. The Morgan fingerprint density at radius 1 is 1.38 bits per heavy atom.